The summed E-state index contributed by atoms with van der Waals surface area (Å²) in [5.74, 6) is -1.09. The van der Waals surface area contributed by atoms with Crippen molar-refractivity contribution < 1.29 is 26.0 Å². The largest absolute Gasteiger partial charge is 0.516 e. The second kappa shape index (κ2) is 6.63. The monoisotopic (exact) mass is 432 g/mol. The van der Waals surface area contributed by atoms with Gasteiger partial charge in [-0.05, 0) is 24.4 Å². The molecule has 1 aromatic heterocycles. The second-order valence-corrected chi connectivity index (χ2v) is 7.43. The molecule has 142 valence electrons. The maximum absolute atomic E-state index is 14.2. The Kier molecular flexibility index (Phi) is 5.18. The van der Waals surface area contributed by atoms with Gasteiger partial charge in [0.15, 0.2) is 10.5 Å². The average molecular weight is 433 g/mol. The molecule has 0 radical (unpaired) electrons. The number of hydrogen-bond donors (Lipinski definition) is 1. The van der Waals surface area contributed by atoms with Crippen LogP contribution in [-0.2, 0) is 24.1 Å². The summed E-state index contributed by atoms with van der Waals surface area (Å²) in [6.45, 7) is 0. The van der Waals surface area contributed by atoms with Gasteiger partial charge in [-0.1, -0.05) is 11.6 Å². The zero-order valence-corrected chi connectivity index (χ0v) is 15.3. The van der Waals surface area contributed by atoms with Crippen LogP contribution in [0.25, 0.3) is 11.3 Å². The van der Waals surface area contributed by atoms with Crippen LogP contribution in [0.15, 0.2) is 16.9 Å². The zero-order chi connectivity index (χ0) is 20.0. The van der Waals surface area contributed by atoms with E-state index in [-0.39, 0.29) is 4.77 Å². The lowest BCUT2D eigenvalue weighted by Gasteiger charge is -2.14. The molecule has 0 unspecified atom stereocenters. The Hall–Kier alpha value is -1.99. The van der Waals surface area contributed by atoms with Crippen LogP contribution in [0.2, 0.25) is 5.02 Å². The van der Waals surface area contributed by atoms with Crippen molar-refractivity contribution in [3.8, 4) is 11.3 Å². The highest BCUT2D eigenvalue weighted by Crippen LogP contribution is 2.33. The van der Waals surface area contributed by atoms with E-state index in [4.69, 9.17) is 23.8 Å². The minimum atomic E-state index is -5.80. The number of halogens is 5. The van der Waals surface area contributed by atoms with Crippen molar-refractivity contribution in [2.75, 3.05) is 4.72 Å². The molecule has 14 heteroatoms. The molecule has 1 heterocycles. The van der Waals surface area contributed by atoms with Crippen LogP contribution in [0, 0.1) is 10.6 Å². The average Bonchev–Trinajstić information content (AvgIpc) is 2.50. The van der Waals surface area contributed by atoms with Crippen LogP contribution < -0.4 is 10.3 Å². The molecule has 0 saturated carbocycles. The summed E-state index contributed by atoms with van der Waals surface area (Å²) in [7, 11) is -3.14. The molecule has 0 aliphatic heterocycles. The molecular formula is C12H9ClF4N4O3S2. The Bertz CT molecular complexity index is 1110. The maximum Gasteiger partial charge on any atom is 0.516 e. The summed E-state index contributed by atoms with van der Waals surface area (Å²) in [6.07, 6.45) is 0. The predicted octanol–water partition coefficient (Wildman–Crippen LogP) is 2.57. The third-order valence-corrected chi connectivity index (χ3v) is 5.13. The van der Waals surface area contributed by atoms with Gasteiger partial charge in [0.2, 0.25) is 0 Å². The van der Waals surface area contributed by atoms with Crippen molar-refractivity contribution in [1.29, 1.82) is 0 Å². The van der Waals surface area contributed by atoms with Gasteiger partial charge in [-0.2, -0.15) is 26.7 Å². The minimum Gasteiger partial charge on any atom is -0.285 e. The fraction of sp³-hybridized carbons (Fsp3) is 0.250. The lowest BCUT2D eigenvalue weighted by Crippen LogP contribution is -2.30. The molecule has 0 aliphatic carbocycles. The number of aromatic nitrogens is 3. The standard InChI is InChI=1S/C12H9ClF4N4O3S2/c1-20-10(22)9(18-21(2)11(20)25)5-3-8(6(13)4-7(5)14)19-26(23,24)12(15,16)17/h3-4,19H,1-2H3. The van der Waals surface area contributed by atoms with Crippen LogP contribution in [0.3, 0.4) is 0 Å². The van der Waals surface area contributed by atoms with Gasteiger partial charge < -0.3 is 0 Å². The molecule has 1 aromatic carbocycles. The highest BCUT2D eigenvalue weighted by molar-refractivity contribution is 7.93. The van der Waals surface area contributed by atoms with Crippen molar-refractivity contribution >= 4 is 39.5 Å². The summed E-state index contributed by atoms with van der Waals surface area (Å²) in [4.78, 5) is 12.2. The number of sulfonamides is 1. The molecule has 0 amide bonds. The summed E-state index contributed by atoms with van der Waals surface area (Å²) in [5, 5.41) is 3.14. The van der Waals surface area contributed by atoms with Gasteiger partial charge in [0.25, 0.3) is 5.56 Å². The zero-order valence-electron chi connectivity index (χ0n) is 12.9. The van der Waals surface area contributed by atoms with Crippen LogP contribution in [-0.4, -0.2) is 28.3 Å². The SMILES string of the molecule is Cn1nc(-c2cc(NS(=O)(=O)C(F)(F)F)c(Cl)cc2F)c(=O)n(C)c1=S. The summed E-state index contributed by atoms with van der Waals surface area (Å²) >= 11 is 10.5. The van der Waals surface area contributed by atoms with Crippen molar-refractivity contribution in [2.45, 2.75) is 5.51 Å². The summed E-state index contributed by atoms with van der Waals surface area (Å²) < 4.78 is 77.5. The number of aryl methyl sites for hydroxylation is 1. The highest BCUT2D eigenvalue weighted by atomic mass is 35.5. The molecule has 0 aliphatic rings. The lowest BCUT2D eigenvalue weighted by atomic mass is 10.1. The van der Waals surface area contributed by atoms with Gasteiger partial charge in [-0.3, -0.25) is 14.1 Å². The molecule has 0 spiro atoms. The van der Waals surface area contributed by atoms with E-state index in [1.807, 2.05) is 0 Å². The van der Waals surface area contributed by atoms with Gasteiger partial charge in [0.05, 0.1) is 10.7 Å². The Balaban J connectivity index is 2.72. The fourth-order valence-corrected chi connectivity index (χ4v) is 2.83. The third kappa shape index (κ3) is 3.59. The quantitative estimate of drug-likeness (QED) is 0.595. The number of alkyl halides is 3. The molecular weight excluding hydrogens is 424 g/mol. The Morgan fingerprint density at radius 1 is 1.27 bits per heavy atom. The first-order valence-corrected chi connectivity index (χ1v) is 8.76. The van der Waals surface area contributed by atoms with E-state index in [0.717, 1.165) is 9.25 Å². The Morgan fingerprint density at radius 3 is 2.38 bits per heavy atom. The van der Waals surface area contributed by atoms with Gasteiger partial charge in [-0.25, -0.2) is 9.07 Å². The Labute approximate surface area is 153 Å². The van der Waals surface area contributed by atoms with Crippen LogP contribution in [0.4, 0.5) is 23.2 Å². The third-order valence-electron chi connectivity index (χ3n) is 3.18. The second-order valence-electron chi connectivity index (χ2n) is 4.98. The van der Waals surface area contributed by atoms with Crippen molar-refractivity contribution in [2.24, 2.45) is 14.1 Å². The van der Waals surface area contributed by atoms with Gasteiger partial charge in [0.1, 0.15) is 5.82 Å². The molecule has 26 heavy (non-hydrogen) atoms. The number of benzene rings is 1. The number of hydrogen-bond acceptors (Lipinski definition) is 5. The van der Waals surface area contributed by atoms with E-state index in [9.17, 15) is 30.8 Å². The normalized spacial score (nSPS) is 12.3. The van der Waals surface area contributed by atoms with Crippen molar-refractivity contribution in [3.05, 3.63) is 38.1 Å². The van der Waals surface area contributed by atoms with Crippen LogP contribution >= 0.6 is 23.8 Å². The first-order valence-electron chi connectivity index (χ1n) is 6.49. The molecule has 0 atom stereocenters. The van der Waals surface area contributed by atoms with Gasteiger partial charge in [-0.15, -0.1) is 0 Å². The molecule has 0 bridgehead atoms. The minimum absolute atomic E-state index is 0.00567. The highest BCUT2D eigenvalue weighted by Gasteiger charge is 2.46. The maximum atomic E-state index is 14.2. The van der Waals surface area contributed by atoms with Crippen molar-refractivity contribution in [3.63, 3.8) is 0 Å². The van der Waals surface area contributed by atoms with Crippen molar-refractivity contribution in [1.82, 2.24) is 14.3 Å². The summed E-state index contributed by atoms with van der Waals surface area (Å²) in [5.41, 5.74) is -8.27. The molecule has 0 fully saturated rings. The number of anilines is 1. The molecule has 0 saturated heterocycles. The predicted molar refractivity (Wildman–Crippen MR) is 88.3 cm³/mol. The van der Waals surface area contributed by atoms with Gasteiger partial charge in [0, 0.05) is 19.7 Å². The Morgan fingerprint density at radius 2 is 1.85 bits per heavy atom. The first kappa shape index (κ1) is 20.3. The fourth-order valence-electron chi connectivity index (χ4n) is 1.88. The molecule has 2 rings (SSSR count). The number of nitrogens with zero attached hydrogens (tertiary/aromatic N) is 3. The number of rotatable bonds is 3. The first-order chi connectivity index (χ1) is 11.8. The van der Waals surface area contributed by atoms with E-state index in [1.54, 1.807) is 0 Å². The molecule has 1 N–H and O–H groups in total. The molecule has 2 aromatic rings. The topological polar surface area (TPSA) is 86.0 Å². The van der Waals surface area contributed by atoms with E-state index in [0.29, 0.717) is 12.1 Å². The smallest absolute Gasteiger partial charge is 0.285 e. The van der Waals surface area contributed by atoms with E-state index in [2.05, 4.69) is 5.10 Å². The van der Waals surface area contributed by atoms with Gasteiger partial charge >= 0.3 is 15.5 Å². The number of nitrogens with one attached hydrogen (secondary N) is 1. The summed E-state index contributed by atoms with van der Waals surface area (Å²) in [6, 6.07) is 1.21. The molecule has 7 nitrogen and oxygen atoms in total. The van der Waals surface area contributed by atoms with E-state index < -0.39 is 48.9 Å². The van der Waals surface area contributed by atoms with Crippen LogP contribution in [0.5, 0.6) is 0 Å². The van der Waals surface area contributed by atoms with E-state index in [1.165, 1.54) is 18.8 Å². The van der Waals surface area contributed by atoms with Crippen LogP contribution in [0.1, 0.15) is 0 Å². The van der Waals surface area contributed by atoms with E-state index >= 15 is 0 Å². The lowest BCUT2D eigenvalue weighted by molar-refractivity contribution is -0.0429.